The van der Waals surface area contributed by atoms with E-state index in [0.717, 1.165) is 6.07 Å². The van der Waals surface area contributed by atoms with Gasteiger partial charge in [-0.05, 0) is 29.8 Å². The second kappa shape index (κ2) is 7.75. The first kappa shape index (κ1) is 20.1. The fourth-order valence-corrected chi connectivity index (χ4v) is 2.96. The number of nitrogens with zero attached hydrogens (tertiary/aromatic N) is 2. The van der Waals surface area contributed by atoms with E-state index in [1.54, 1.807) is 6.92 Å². The molecule has 1 aromatic carbocycles. The first-order chi connectivity index (χ1) is 13.2. The topological polar surface area (TPSA) is 68.5 Å². The number of ether oxygens (including phenoxy) is 1. The van der Waals surface area contributed by atoms with E-state index in [0.29, 0.717) is 6.54 Å². The van der Waals surface area contributed by atoms with Crippen LogP contribution in [0.1, 0.15) is 28.5 Å². The van der Waals surface area contributed by atoms with Crippen LogP contribution in [-0.2, 0) is 12.7 Å². The first-order valence-corrected chi connectivity index (χ1v) is 8.67. The fourth-order valence-electron chi connectivity index (χ4n) is 2.96. The minimum atomic E-state index is -4.64. The predicted octanol–water partition coefficient (Wildman–Crippen LogP) is 3.78. The highest BCUT2D eigenvalue weighted by Crippen LogP contribution is 2.31. The van der Waals surface area contributed by atoms with Crippen molar-refractivity contribution >= 4 is 5.91 Å². The van der Waals surface area contributed by atoms with Crippen LogP contribution in [0.25, 0.3) is 0 Å². The molecule has 1 saturated heterocycles. The summed E-state index contributed by atoms with van der Waals surface area (Å²) in [7, 11) is 0. The van der Waals surface area contributed by atoms with Gasteiger partial charge in [-0.15, -0.1) is 0 Å². The van der Waals surface area contributed by atoms with Gasteiger partial charge in [0.15, 0.2) is 0 Å². The first-order valence-electron chi connectivity index (χ1n) is 8.67. The molecule has 28 heavy (non-hydrogen) atoms. The van der Waals surface area contributed by atoms with Crippen molar-refractivity contribution in [3.8, 4) is 11.6 Å². The molecule has 3 rings (SSSR count). The second-order valence-corrected chi connectivity index (χ2v) is 6.73. The van der Waals surface area contributed by atoms with Gasteiger partial charge in [0.1, 0.15) is 17.6 Å². The third-order valence-electron chi connectivity index (χ3n) is 4.50. The van der Waals surface area contributed by atoms with E-state index in [-0.39, 0.29) is 47.7 Å². The molecule has 1 aliphatic rings. The quantitative estimate of drug-likeness (QED) is 0.798. The molecule has 1 aliphatic heterocycles. The van der Waals surface area contributed by atoms with Gasteiger partial charge in [-0.3, -0.25) is 4.79 Å². The molecule has 150 valence electrons. The van der Waals surface area contributed by atoms with Crippen molar-refractivity contribution in [2.75, 3.05) is 13.1 Å². The average molecular weight is 397 g/mol. The number of halogens is 4. The Morgan fingerprint density at radius 2 is 2.04 bits per heavy atom. The minimum absolute atomic E-state index is 0.0140. The lowest BCUT2D eigenvalue weighted by molar-refractivity contribution is -0.141. The van der Waals surface area contributed by atoms with Crippen LogP contribution >= 0.6 is 0 Å². The molecule has 5 nitrogen and oxygen atoms in total. The molecule has 0 saturated carbocycles. The van der Waals surface area contributed by atoms with E-state index in [2.05, 4.69) is 4.98 Å². The third-order valence-corrected chi connectivity index (χ3v) is 4.50. The summed E-state index contributed by atoms with van der Waals surface area (Å²) in [5.41, 5.74) is 4.80. The Morgan fingerprint density at radius 3 is 2.64 bits per heavy atom. The van der Waals surface area contributed by atoms with Crippen LogP contribution in [0.3, 0.4) is 0 Å². The number of benzene rings is 1. The van der Waals surface area contributed by atoms with Crippen molar-refractivity contribution < 1.29 is 27.1 Å². The molecule has 2 atom stereocenters. The lowest BCUT2D eigenvalue weighted by atomic mass is 10.1. The van der Waals surface area contributed by atoms with Crippen molar-refractivity contribution in [3.63, 3.8) is 0 Å². The number of carbonyl (C=O) groups is 1. The Morgan fingerprint density at radius 1 is 1.29 bits per heavy atom. The number of likely N-dealkylation sites (tertiary alicyclic amines) is 1. The van der Waals surface area contributed by atoms with E-state index in [9.17, 15) is 22.4 Å². The highest BCUT2D eigenvalue weighted by molar-refractivity contribution is 5.94. The Kier molecular flexibility index (Phi) is 5.55. The zero-order valence-corrected chi connectivity index (χ0v) is 15.0. The molecule has 1 fully saturated rings. The monoisotopic (exact) mass is 397 g/mol. The molecule has 0 unspecified atom stereocenters. The number of pyridine rings is 1. The largest absolute Gasteiger partial charge is 0.439 e. The van der Waals surface area contributed by atoms with Gasteiger partial charge in [0.25, 0.3) is 5.91 Å². The molecule has 2 aromatic rings. The van der Waals surface area contributed by atoms with Gasteiger partial charge < -0.3 is 15.4 Å². The summed E-state index contributed by atoms with van der Waals surface area (Å²) in [5.74, 6) is -0.743. The minimum Gasteiger partial charge on any atom is -0.439 e. The van der Waals surface area contributed by atoms with Crippen LogP contribution in [0, 0.1) is 5.92 Å². The van der Waals surface area contributed by atoms with Crippen molar-refractivity contribution in [1.82, 2.24) is 9.88 Å². The summed E-state index contributed by atoms with van der Waals surface area (Å²) in [6.07, 6.45) is -5.72. The van der Waals surface area contributed by atoms with Crippen LogP contribution in [0.4, 0.5) is 17.6 Å². The van der Waals surface area contributed by atoms with Gasteiger partial charge in [0.05, 0.1) is 6.54 Å². The van der Waals surface area contributed by atoms with Crippen LogP contribution in [0.15, 0.2) is 36.4 Å². The standard InChI is InChI=1S/C19H19F4N3O2/c1-11-9-26(10-15(11)20)18(27)13-3-2-4-14(7-13)28-17-6-12(8-24)5-16(25-17)19(21,22)23/h2-7,11,15H,8-10,24H2,1H3/t11-,15-/m1/s1. The number of alkyl halides is 4. The maximum atomic E-state index is 13.7. The van der Waals surface area contributed by atoms with E-state index in [1.165, 1.54) is 35.2 Å². The normalized spacial score (nSPS) is 19.7. The fraction of sp³-hybridized carbons (Fsp3) is 0.368. The van der Waals surface area contributed by atoms with Crippen LogP contribution in [0.5, 0.6) is 11.6 Å². The van der Waals surface area contributed by atoms with Crippen molar-refractivity contribution in [3.05, 3.63) is 53.2 Å². The van der Waals surface area contributed by atoms with Crippen LogP contribution in [0.2, 0.25) is 0 Å². The zero-order valence-electron chi connectivity index (χ0n) is 15.0. The van der Waals surface area contributed by atoms with Gasteiger partial charge in [-0.1, -0.05) is 13.0 Å². The Hall–Kier alpha value is -2.68. The molecular weight excluding hydrogens is 378 g/mol. The van der Waals surface area contributed by atoms with Crippen LogP contribution in [-0.4, -0.2) is 35.1 Å². The highest BCUT2D eigenvalue weighted by Gasteiger charge is 2.34. The summed E-state index contributed by atoms with van der Waals surface area (Å²) in [6.45, 7) is 1.93. The van der Waals surface area contributed by atoms with E-state index in [1.807, 2.05) is 0 Å². The highest BCUT2D eigenvalue weighted by atomic mass is 19.4. The number of nitrogens with two attached hydrogens (primary N) is 1. The zero-order chi connectivity index (χ0) is 20.5. The number of hydrogen-bond donors (Lipinski definition) is 1. The van der Waals surface area contributed by atoms with E-state index in [4.69, 9.17) is 10.5 Å². The summed E-state index contributed by atoms with van der Waals surface area (Å²) >= 11 is 0. The SMILES string of the molecule is C[C@@H]1CN(C(=O)c2cccc(Oc3cc(CN)cc(C(F)(F)F)n3)c2)C[C@H]1F. The second-order valence-electron chi connectivity index (χ2n) is 6.73. The lowest BCUT2D eigenvalue weighted by Gasteiger charge is -2.16. The summed E-state index contributed by atoms with van der Waals surface area (Å²) in [6, 6.07) is 8.12. The van der Waals surface area contributed by atoms with Gasteiger partial charge in [-0.2, -0.15) is 13.2 Å². The van der Waals surface area contributed by atoms with Gasteiger partial charge >= 0.3 is 6.18 Å². The van der Waals surface area contributed by atoms with Gasteiger partial charge in [0, 0.05) is 30.6 Å². The summed E-state index contributed by atoms with van der Waals surface area (Å²) in [4.78, 5) is 17.4. The van der Waals surface area contributed by atoms with Gasteiger partial charge in [-0.25, -0.2) is 9.37 Å². The number of rotatable bonds is 4. The number of aromatic nitrogens is 1. The Labute approximate surface area is 159 Å². The Bertz CT molecular complexity index is 862. The maximum Gasteiger partial charge on any atom is 0.433 e. The molecule has 0 spiro atoms. The third kappa shape index (κ3) is 4.41. The van der Waals surface area contributed by atoms with E-state index < -0.39 is 18.0 Å². The maximum absolute atomic E-state index is 13.7. The average Bonchev–Trinajstić information content (AvgIpc) is 2.99. The predicted molar refractivity (Wildman–Crippen MR) is 93.6 cm³/mol. The number of amides is 1. The molecule has 2 heterocycles. The lowest BCUT2D eigenvalue weighted by Crippen LogP contribution is -2.29. The molecule has 9 heteroatoms. The van der Waals surface area contributed by atoms with Crippen molar-refractivity contribution in [1.29, 1.82) is 0 Å². The van der Waals surface area contributed by atoms with Crippen molar-refractivity contribution in [2.24, 2.45) is 11.7 Å². The van der Waals surface area contributed by atoms with Crippen LogP contribution < -0.4 is 10.5 Å². The number of hydrogen-bond acceptors (Lipinski definition) is 4. The Balaban J connectivity index is 1.83. The summed E-state index contributed by atoms with van der Waals surface area (Å²) in [5, 5.41) is 0. The van der Waals surface area contributed by atoms with Crippen molar-refractivity contribution in [2.45, 2.75) is 25.8 Å². The molecule has 0 radical (unpaired) electrons. The smallest absolute Gasteiger partial charge is 0.433 e. The van der Waals surface area contributed by atoms with E-state index >= 15 is 0 Å². The molecule has 0 aliphatic carbocycles. The van der Waals surface area contributed by atoms with Gasteiger partial charge in [0.2, 0.25) is 5.88 Å². The molecular formula is C19H19F4N3O2. The molecule has 1 amide bonds. The summed E-state index contributed by atoms with van der Waals surface area (Å²) < 4.78 is 58.1. The molecule has 1 aromatic heterocycles. The molecule has 0 bridgehead atoms. The number of carbonyl (C=O) groups excluding carboxylic acids is 1. The molecule has 2 N–H and O–H groups in total.